The largest absolute Gasteiger partial charge is 0.493 e. The maximum absolute atomic E-state index is 12.5. The molecule has 2 aromatic carbocycles. The predicted octanol–water partition coefficient (Wildman–Crippen LogP) is 3.47. The number of Topliss-reactive ketones (excluding diaryl/α,β-unsaturated/α-hetero) is 2. The van der Waals surface area contributed by atoms with Crippen LogP contribution in [0.4, 0.5) is 0 Å². The van der Waals surface area contributed by atoms with E-state index in [0.29, 0.717) is 28.2 Å². The number of ether oxygens (including phenoxy) is 2. The van der Waals surface area contributed by atoms with Crippen molar-refractivity contribution in [1.82, 2.24) is 0 Å². The number of benzene rings is 2. The monoisotopic (exact) mass is 348 g/mol. The number of ketones is 2. The fourth-order valence-corrected chi connectivity index (χ4v) is 2.94. The van der Waals surface area contributed by atoms with E-state index in [1.54, 1.807) is 48.5 Å². The summed E-state index contributed by atoms with van der Waals surface area (Å²) in [6, 6.07) is 11.7. The van der Waals surface area contributed by atoms with Gasteiger partial charge in [0, 0.05) is 11.1 Å². The highest BCUT2D eigenvalue weighted by Crippen LogP contribution is 2.35. The van der Waals surface area contributed by atoms with Crippen molar-refractivity contribution in [2.24, 2.45) is 5.92 Å². The third-order valence-electron chi connectivity index (χ3n) is 4.53. The van der Waals surface area contributed by atoms with Crippen LogP contribution in [0.25, 0.3) is 6.08 Å². The van der Waals surface area contributed by atoms with Gasteiger partial charge < -0.3 is 9.47 Å². The second kappa shape index (κ2) is 6.26. The van der Waals surface area contributed by atoms with Crippen LogP contribution >= 0.6 is 0 Å². The molecule has 2 aromatic rings. The zero-order valence-electron chi connectivity index (χ0n) is 14.2. The number of carbonyl (C=O) groups excluding carboxylic acids is 3. The first-order valence-corrected chi connectivity index (χ1v) is 8.38. The van der Waals surface area contributed by atoms with E-state index in [0.717, 1.165) is 12.8 Å². The van der Waals surface area contributed by atoms with Gasteiger partial charge in [-0.2, -0.15) is 0 Å². The van der Waals surface area contributed by atoms with Gasteiger partial charge in [-0.25, -0.2) is 0 Å². The van der Waals surface area contributed by atoms with E-state index >= 15 is 0 Å². The Balaban J connectivity index is 1.64. The smallest absolute Gasteiger partial charge is 0.314 e. The van der Waals surface area contributed by atoms with Crippen molar-refractivity contribution in [2.45, 2.75) is 12.8 Å². The molecule has 0 aliphatic heterocycles. The number of esters is 1. The molecule has 1 saturated carbocycles. The van der Waals surface area contributed by atoms with Crippen molar-refractivity contribution in [3.8, 4) is 11.5 Å². The van der Waals surface area contributed by atoms with E-state index < -0.39 is 0 Å². The Kier molecular flexibility index (Phi) is 3.92. The first-order valence-electron chi connectivity index (χ1n) is 8.38. The van der Waals surface area contributed by atoms with Gasteiger partial charge in [-0.3, -0.25) is 14.4 Å². The first-order chi connectivity index (χ1) is 12.6. The van der Waals surface area contributed by atoms with Crippen LogP contribution in [0.1, 0.15) is 39.1 Å². The van der Waals surface area contributed by atoms with Crippen LogP contribution in [0, 0.1) is 5.92 Å². The van der Waals surface area contributed by atoms with Crippen LogP contribution in [0.15, 0.2) is 48.0 Å². The van der Waals surface area contributed by atoms with E-state index in [4.69, 9.17) is 9.47 Å². The SMILES string of the molecule is COc1cc(C=C2C(=O)c3ccccc3C2=O)ccc1OC(=O)C1CC1. The molecular weight excluding hydrogens is 332 g/mol. The number of methoxy groups -OCH3 is 1. The Bertz CT molecular complexity index is 929. The molecule has 0 amide bonds. The highest BCUT2D eigenvalue weighted by molar-refractivity contribution is 6.41. The summed E-state index contributed by atoms with van der Waals surface area (Å²) in [5.41, 5.74) is 1.59. The lowest BCUT2D eigenvalue weighted by atomic mass is 10.1. The van der Waals surface area contributed by atoms with Crippen molar-refractivity contribution >= 4 is 23.6 Å². The molecule has 130 valence electrons. The summed E-state index contributed by atoms with van der Waals surface area (Å²) >= 11 is 0. The number of hydrogen-bond donors (Lipinski definition) is 0. The molecule has 0 spiro atoms. The third-order valence-corrected chi connectivity index (χ3v) is 4.53. The van der Waals surface area contributed by atoms with Gasteiger partial charge >= 0.3 is 5.97 Å². The zero-order valence-corrected chi connectivity index (χ0v) is 14.2. The number of hydrogen-bond acceptors (Lipinski definition) is 5. The van der Waals surface area contributed by atoms with Gasteiger partial charge in [-0.05, 0) is 36.6 Å². The van der Waals surface area contributed by atoms with Crippen LogP contribution < -0.4 is 9.47 Å². The van der Waals surface area contributed by atoms with Crippen molar-refractivity contribution in [3.05, 3.63) is 64.7 Å². The molecular formula is C21H16O5. The minimum Gasteiger partial charge on any atom is -0.493 e. The molecule has 0 atom stereocenters. The molecule has 2 aliphatic rings. The van der Waals surface area contributed by atoms with Crippen LogP contribution in [0.3, 0.4) is 0 Å². The van der Waals surface area contributed by atoms with Gasteiger partial charge in [-0.15, -0.1) is 0 Å². The lowest BCUT2D eigenvalue weighted by molar-refractivity contribution is -0.135. The summed E-state index contributed by atoms with van der Waals surface area (Å²) in [6.45, 7) is 0. The van der Waals surface area contributed by atoms with Gasteiger partial charge in [-0.1, -0.05) is 30.3 Å². The summed E-state index contributed by atoms with van der Waals surface area (Å²) in [5, 5.41) is 0. The molecule has 0 saturated heterocycles. The molecule has 0 radical (unpaired) electrons. The first kappa shape index (κ1) is 16.3. The molecule has 5 heteroatoms. The van der Waals surface area contributed by atoms with Crippen molar-refractivity contribution in [3.63, 3.8) is 0 Å². The number of carbonyl (C=O) groups is 3. The van der Waals surface area contributed by atoms with Gasteiger partial charge in [0.1, 0.15) is 0 Å². The van der Waals surface area contributed by atoms with Crippen LogP contribution in [-0.4, -0.2) is 24.6 Å². The zero-order chi connectivity index (χ0) is 18.3. The highest BCUT2D eigenvalue weighted by atomic mass is 16.6. The quantitative estimate of drug-likeness (QED) is 0.366. The van der Waals surface area contributed by atoms with E-state index in [1.165, 1.54) is 7.11 Å². The Labute approximate surface area is 150 Å². The molecule has 0 heterocycles. The van der Waals surface area contributed by atoms with E-state index in [1.807, 2.05) is 0 Å². The standard InChI is InChI=1S/C21H16O5/c1-25-18-11-12(6-9-17(18)26-21(24)13-7-8-13)10-16-19(22)14-4-2-3-5-15(14)20(16)23/h2-6,9-11,13H,7-8H2,1H3. The van der Waals surface area contributed by atoms with Crippen LogP contribution in [0.2, 0.25) is 0 Å². The summed E-state index contributed by atoms with van der Waals surface area (Å²) in [4.78, 5) is 36.8. The predicted molar refractivity (Wildman–Crippen MR) is 94.4 cm³/mol. The fourth-order valence-electron chi connectivity index (χ4n) is 2.94. The third kappa shape index (κ3) is 2.81. The molecule has 5 nitrogen and oxygen atoms in total. The van der Waals surface area contributed by atoms with Crippen molar-refractivity contribution < 1.29 is 23.9 Å². The summed E-state index contributed by atoms with van der Waals surface area (Å²) in [6.07, 6.45) is 3.26. The second-order valence-corrected chi connectivity index (χ2v) is 6.37. The Morgan fingerprint density at radius 1 is 1.00 bits per heavy atom. The van der Waals surface area contributed by atoms with E-state index in [9.17, 15) is 14.4 Å². The molecule has 4 rings (SSSR count). The molecule has 2 aliphatic carbocycles. The number of fused-ring (bicyclic) bond motifs is 1. The topological polar surface area (TPSA) is 69.7 Å². The summed E-state index contributed by atoms with van der Waals surface area (Å²) in [7, 11) is 1.47. The molecule has 0 aromatic heterocycles. The van der Waals surface area contributed by atoms with Crippen molar-refractivity contribution in [1.29, 1.82) is 0 Å². The lowest BCUT2D eigenvalue weighted by Gasteiger charge is -2.09. The molecule has 0 N–H and O–H groups in total. The van der Waals surface area contributed by atoms with Crippen molar-refractivity contribution in [2.75, 3.05) is 7.11 Å². The average molecular weight is 348 g/mol. The highest BCUT2D eigenvalue weighted by Gasteiger charge is 2.33. The van der Waals surface area contributed by atoms with E-state index in [2.05, 4.69) is 0 Å². The summed E-state index contributed by atoms with van der Waals surface area (Å²) < 4.78 is 10.7. The van der Waals surface area contributed by atoms with Gasteiger partial charge in [0.15, 0.2) is 23.1 Å². The second-order valence-electron chi connectivity index (χ2n) is 6.37. The van der Waals surface area contributed by atoms with Crippen LogP contribution in [-0.2, 0) is 4.79 Å². The summed E-state index contributed by atoms with van der Waals surface area (Å²) in [5.74, 6) is -0.134. The van der Waals surface area contributed by atoms with Gasteiger partial charge in [0.25, 0.3) is 0 Å². The molecule has 0 bridgehead atoms. The lowest BCUT2D eigenvalue weighted by Crippen LogP contribution is -2.10. The Hall–Kier alpha value is -3.21. The Morgan fingerprint density at radius 3 is 2.23 bits per heavy atom. The van der Waals surface area contributed by atoms with Crippen LogP contribution in [0.5, 0.6) is 11.5 Å². The van der Waals surface area contributed by atoms with Gasteiger partial charge in [0.05, 0.1) is 18.6 Å². The maximum atomic E-state index is 12.5. The average Bonchev–Trinajstić information content (AvgIpc) is 3.48. The number of rotatable bonds is 4. The fraction of sp³-hybridized carbons (Fsp3) is 0.190. The minimum atomic E-state index is -0.284. The minimum absolute atomic E-state index is 0.0197. The number of allylic oxidation sites excluding steroid dienone is 1. The molecule has 0 unspecified atom stereocenters. The molecule has 1 fully saturated rings. The maximum Gasteiger partial charge on any atom is 0.314 e. The van der Waals surface area contributed by atoms with Gasteiger partial charge in [0.2, 0.25) is 0 Å². The van der Waals surface area contributed by atoms with E-state index in [-0.39, 0.29) is 29.0 Å². The normalized spacial score (nSPS) is 15.7. The molecule has 26 heavy (non-hydrogen) atoms. The Morgan fingerprint density at radius 2 is 1.65 bits per heavy atom.